The first-order chi connectivity index (χ1) is 8.81. The number of nitrogens with zero attached hydrogens (tertiary/aromatic N) is 2. The second-order valence-corrected chi connectivity index (χ2v) is 5.26. The van der Waals surface area contributed by atoms with Gasteiger partial charge in [0.15, 0.2) is 0 Å². The van der Waals surface area contributed by atoms with Crippen LogP contribution < -0.4 is 0 Å². The molecule has 94 valence electrons. The Morgan fingerprint density at radius 1 is 1.22 bits per heavy atom. The van der Waals surface area contributed by atoms with Crippen LogP contribution in [0.2, 0.25) is 5.02 Å². The minimum atomic E-state index is 0.419. The lowest BCUT2D eigenvalue weighted by Crippen LogP contribution is -2.08. The van der Waals surface area contributed by atoms with E-state index in [2.05, 4.69) is 15.6 Å². The standard InChI is InChI=1S/C14H14Cl2N2/c15-8-10-11(16)4-3-7-13(10)18-9-17-12-5-1-2-6-14(12)18/h3-4,7,9H,1-2,5-6,8H2. The zero-order chi connectivity index (χ0) is 12.5. The number of halogens is 2. The summed E-state index contributed by atoms with van der Waals surface area (Å²) in [5.74, 6) is 0.419. The third kappa shape index (κ3) is 1.94. The number of hydrogen-bond donors (Lipinski definition) is 0. The molecule has 0 fully saturated rings. The molecule has 0 spiro atoms. The van der Waals surface area contributed by atoms with E-state index >= 15 is 0 Å². The zero-order valence-corrected chi connectivity index (χ0v) is 11.5. The molecule has 0 unspecified atom stereocenters. The van der Waals surface area contributed by atoms with Crippen LogP contribution in [0.5, 0.6) is 0 Å². The number of imidazole rings is 1. The van der Waals surface area contributed by atoms with Crippen molar-refractivity contribution in [2.24, 2.45) is 0 Å². The molecular weight excluding hydrogens is 267 g/mol. The summed E-state index contributed by atoms with van der Waals surface area (Å²) in [4.78, 5) is 4.51. The Labute approximate surface area is 117 Å². The first-order valence-corrected chi connectivity index (χ1v) is 7.11. The summed E-state index contributed by atoms with van der Waals surface area (Å²) in [5.41, 5.74) is 4.58. The second kappa shape index (κ2) is 4.94. The van der Waals surface area contributed by atoms with Crippen molar-refractivity contribution in [2.45, 2.75) is 31.6 Å². The minimum Gasteiger partial charge on any atom is -0.303 e. The van der Waals surface area contributed by atoms with Crippen LogP contribution in [-0.4, -0.2) is 9.55 Å². The zero-order valence-electron chi connectivity index (χ0n) is 10.00. The summed E-state index contributed by atoms with van der Waals surface area (Å²) in [6, 6.07) is 5.90. The molecule has 0 radical (unpaired) electrons. The highest BCUT2D eigenvalue weighted by Crippen LogP contribution is 2.29. The van der Waals surface area contributed by atoms with Crippen LogP contribution in [0.25, 0.3) is 5.69 Å². The number of rotatable bonds is 2. The van der Waals surface area contributed by atoms with E-state index in [0.717, 1.165) is 29.1 Å². The lowest BCUT2D eigenvalue weighted by molar-refractivity contribution is 0.655. The number of benzene rings is 1. The third-order valence-electron chi connectivity index (χ3n) is 3.52. The average molecular weight is 281 g/mol. The number of aromatic nitrogens is 2. The van der Waals surface area contributed by atoms with Crippen LogP contribution in [0.15, 0.2) is 24.5 Å². The Kier molecular flexibility index (Phi) is 3.31. The molecule has 0 amide bonds. The van der Waals surface area contributed by atoms with Gasteiger partial charge >= 0.3 is 0 Å². The van der Waals surface area contributed by atoms with Crippen molar-refractivity contribution in [3.63, 3.8) is 0 Å². The number of fused-ring (bicyclic) bond motifs is 1. The molecule has 3 rings (SSSR count). The number of hydrogen-bond acceptors (Lipinski definition) is 1. The first kappa shape index (κ1) is 12.1. The van der Waals surface area contributed by atoms with Crippen LogP contribution in [0.1, 0.15) is 29.8 Å². The van der Waals surface area contributed by atoms with Crippen molar-refractivity contribution in [2.75, 3.05) is 0 Å². The van der Waals surface area contributed by atoms with Crippen molar-refractivity contribution >= 4 is 23.2 Å². The van der Waals surface area contributed by atoms with E-state index in [4.69, 9.17) is 23.2 Å². The summed E-state index contributed by atoms with van der Waals surface area (Å²) in [6.07, 6.45) is 6.54. The highest BCUT2D eigenvalue weighted by atomic mass is 35.5. The van der Waals surface area contributed by atoms with Gasteiger partial charge in [-0.3, -0.25) is 0 Å². The van der Waals surface area contributed by atoms with Crippen molar-refractivity contribution in [3.8, 4) is 5.69 Å². The summed E-state index contributed by atoms with van der Waals surface area (Å²) >= 11 is 12.2. The Hall–Kier alpha value is -0.990. The quantitative estimate of drug-likeness (QED) is 0.756. The van der Waals surface area contributed by atoms with Crippen LogP contribution in [0.3, 0.4) is 0 Å². The lowest BCUT2D eigenvalue weighted by Gasteiger charge is -2.16. The maximum absolute atomic E-state index is 6.21. The van der Waals surface area contributed by atoms with E-state index in [9.17, 15) is 0 Å². The molecule has 1 aliphatic rings. The van der Waals surface area contributed by atoms with Gasteiger partial charge in [0.05, 0.1) is 23.6 Å². The fraction of sp³-hybridized carbons (Fsp3) is 0.357. The SMILES string of the molecule is ClCc1c(Cl)cccc1-n1cnc2c1CCCC2. The maximum Gasteiger partial charge on any atom is 0.0997 e. The van der Waals surface area contributed by atoms with Gasteiger partial charge < -0.3 is 4.57 Å². The van der Waals surface area contributed by atoms with Crippen LogP contribution in [0.4, 0.5) is 0 Å². The van der Waals surface area contributed by atoms with Gasteiger partial charge in [-0.2, -0.15) is 0 Å². The van der Waals surface area contributed by atoms with Gasteiger partial charge in [-0.1, -0.05) is 17.7 Å². The smallest absolute Gasteiger partial charge is 0.0997 e. The highest BCUT2D eigenvalue weighted by Gasteiger charge is 2.18. The van der Waals surface area contributed by atoms with E-state index < -0.39 is 0 Å². The van der Waals surface area contributed by atoms with Crippen molar-refractivity contribution in [1.29, 1.82) is 0 Å². The largest absolute Gasteiger partial charge is 0.303 e. The molecular formula is C14H14Cl2N2. The normalized spacial score (nSPS) is 14.6. The van der Waals surface area contributed by atoms with Crippen LogP contribution in [0, 0.1) is 0 Å². The summed E-state index contributed by atoms with van der Waals surface area (Å²) in [7, 11) is 0. The molecule has 0 atom stereocenters. The lowest BCUT2D eigenvalue weighted by atomic mass is 10.0. The van der Waals surface area contributed by atoms with Gasteiger partial charge in [0.2, 0.25) is 0 Å². The molecule has 18 heavy (non-hydrogen) atoms. The molecule has 1 heterocycles. The number of aryl methyl sites for hydroxylation is 1. The summed E-state index contributed by atoms with van der Waals surface area (Å²) in [6.45, 7) is 0. The van der Waals surface area contributed by atoms with Crippen molar-refractivity contribution in [1.82, 2.24) is 9.55 Å². The molecule has 4 heteroatoms. The average Bonchev–Trinajstić information content (AvgIpc) is 2.82. The van der Waals surface area contributed by atoms with Crippen LogP contribution >= 0.6 is 23.2 Å². The molecule has 0 saturated carbocycles. The third-order valence-corrected chi connectivity index (χ3v) is 4.14. The van der Waals surface area contributed by atoms with Crippen molar-refractivity contribution < 1.29 is 0 Å². The van der Waals surface area contributed by atoms with E-state index in [0.29, 0.717) is 5.88 Å². The van der Waals surface area contributed by atoms with Gasteiger partial charge in [0, 0.05) is 16.3 Å². The van der Waals surface area contributed by atoms with E-state index in [1.165, 1.54) is 24.2 Å². The molecule has 0 aliphatic heterocycles. The fourth-order valence-corrected chi connectivity index (χ4v) is 3.17. The van der Waals surface area contributed by atoms with Gasteiger partial charge in [-0.25, -0.2) is 4.98 Å². The van der Waals surface area contributed by atoms with Gasteiger partial charge in [-0.05, 0) is 37.8 Å². The van der Waals surface area contributed by atoms with Gasteiger partial charge in [0.25, 0.3) is 0 Å². The first-order valence-electron chi connectivity index (χ1n) is 6.20. The Bertz CT molecular complexity index is 575. The van der Waals surface area contributed by atoms with Crippen molar-refractivity contribution in [3.05, 3.63) is 46.5 Å². The van der Waals surface area contributed by atoms with Gasteiger partial charge in [-0.15, -0.1) is 11.6 Å². The summed E-state index contributed by atoms with van der Waals surface area (Å²) < 4.78 is 2.15. The summed E-state index contributed by atoms with van der Waals surface area (Å²) in [5, 5.41) is 0.723. The number of alkyl halides is 1. The molecule has 0 N–H and O–H groups in total. The maximum atomic E-state index is 6.21. The molecule has 1 aromatic heterocycles. The predicted molar refractivity (Wildman–Crippen MR) is 74.8 cm³/mol. The molecule has 2 nitrogen and oxygen atoms in total. The van der Waals surface area contributed by atoms with Crippen LogP contribution in [-0.2, 0) is 18.7 Å². The topological polar surface area (TPSA) is 17.8 Å². The second-order valence-electron chi connectivity index (χ2n) is 4.59. The van der Waals surface area contributed by atoms with E-state index in [-0.39, 0.29) is 0 Å². The fourth-order valence-electron chi connectivity index (χ4n) is 2.58. The molecule has 0 bridgehead atoms. The Morgan fingerprint density at radius 3 is 2.89 bits per heavy atom. The Balaban J connectivity index is 2.15. The predicted octanol–water partition coefficient (Wildman–Crippen LogP) is 4.14. The molecule has 2 aromatic rings. The monoisotopic (exact) mass is 280 g/mol. The molecule has 0 saturated heterocycles. The Morgan fingerprint density at radius 2 is 2.06 bits per heavy atom. The highest BCUT2D eigenvalue weighted by molar-refractivity contribution is 6.32. The molecule has 1 aliphatic carbocycles. The van der Waals surface area contributed by atoms with Gasteiger partial charge in [0.1, 0.15) is 0 Å². The van der Waals surface area contributed by atoms with E-state index in [1.54, 1.807) is 0 Å². The minimum absolute atomic E-state index is 0.419. The molecule has 1 aromatic carbocycles. The van der Waals surface area contributed by atoms with E-state index in [1.807, 2.05) is 18.5 Å².